The molecule has 0 radical (unpaired) electrons. The van der Waals surface area contributed by atoms with E-state index in [-0.39, 0.29) is 23.0 Å². The van der Waals surface area contributed by atoms with Gasteiger partial charge in [-0.3, -0.25) is 4.79 Å². The van der Waals surface area contributed by atoms with Crippen molar-refractivity contribution in [1.29, 1.82) is 0 Å². The quantitative estimate of drug-likeness (QED) is 0.889. The maximum Gasteiger partial charge on any atom is 0.226 e. The van der Waals surface area contributed by atoms with Gasteiger partial charge in [0.2, 0.25) is 5.91 Å². The van der Waals surface area contributed by atoms with Crippen molar-refractivity contribution in [3.63, 3.8) is 0 Å². The van der Waals surface area contributed by atoms with Gasteiger partial charge in [0.05, 0.1) is 7.11 Å². The van der Waals surface area contributed by atoms with Gasteiger partial charge in [-0.25, -0.2) is 0 Å². The largest absolute Gasteiger partial charge is 0.504 e. The van der Waals surface area contributed by atoms with Crippen molar-refractivity contribution in [2.24, 2.45) is 11.3 Å². The first-order valence-corrected chi connectivity index (χ1v) is 7.87. The summed E-state index contributed by atoms with van der Waals surface area (Å²) in [6.07, 6.45) is 3.26. The van der Waals surface area contributed by atoms with Crippen molar-refractivity contribution in [3.8, 4) is 11.5 Å². The van der Waals surface area contributed by atoms with E-state index in [1.165, 1.54) is 7.11 Å². The third kappa shape index (κ3) is 2.77. The molecule has 5 heteroatoms. The Balaban J connectivity index is 1.61. The molecule has 1 heterocycles. The second-order valence-electron chi connectivity index (χ2n) is 6.57. The highest BCUT2D eigenvalue weighted by molar-refractivity contribution is 5.82. The zero-order valence-corrected chi connectivity index (χ0v) is 13.3. The van der Waals surface area contributed by atoms with Crippen LogP contribution in [0, 0.1) is 11.3 Å². The minimum Gasteiger partial charge on any atom is -0.504 e. The van der Waals surface area contributed by atoms with Crippen LogP contribution in [0.3, 0.4) is 0 Å². The van der Waals surface area contributed by atoms with E-state index in [0.717, 1.165) is 37.9 Å². The highest BCUT2D eigenvalue weighted by atomic mass is 16.5. The fourth-order valence-electron chi connectivity index (χ4n) is 3.63. The molecule has 1 amide bonds. The van der Waals surface area contributed by atoms with Crippen molar-refractivity contribution < 1.29 is 14.6 Å². The zero-order chi connectivity index (χ0) is 15.7. The number of benzene rings is 1. The molecule has 1 saturated carbocycles. The van der Waals surface area contributed by atoms with Gasteiger partial charge >= 0.3 is 0 Å². The lowest BCUT2D eigenvalue weighted by Gasteiger charge is -2.25. The van der Waals surface area contributed by atoms with Crippen LogP contribution in [0.25, 0.3) is 0 Å². The lowest BCUT2D eigenvalue weighted by molar-refractivity contribution is -0.132. The third-order valence-corrected chi connectivity index (χ3v) is 5.13. The van der Waals surface area contributed by atoms with Crippen molar-refractivity contribution >= 4 is 5.91 Å². The first-order chi connectivity index (χ1) is 10.6. The zero-order valence-electron chi connectivity index (χ0n) is 13.3. The van der Waals surface area contributed by atoms with E-state index in [1.807, 2.05) is 13.1 Å². The topological polar surface area (TPSA) is 61.8 Å². The molecule has 1 aromatic carbocycles. The Kier molecular flexibility index (Phi) is 4.00. The second-order valence-corrected chi connectivity index (χ2v) is 6.57. The molecule has 2 aliphatic rings. The Morgan fingerprint density at radius 3 is 2.82 bits per heavy atom. The summed E-state index contributed by atoms with van der Waals surface area (Å²) in [5.74, 6) is 0.985. The molecule has 0 bridgehead atoms. The molecule has 22 heavy (non-hydrogen) atoms. The predicted molar refractivity (Wildman–Crippen MR) is 83.8 cm³/mol. The van der Waals surface area contributed by atoms with Gasteiger partial charge in [-0.15, -0.1) is 0 Å². The molecule has 0 aromatic heterocycles. The number of carbonyl (C=O) groups excluding carboxylic acids is 1. The number of methoxy groups -OCH3 is 1. The Bertz CT molecular complexity index is 567. The summed E-state index contributed by atoms with van der Waals surface area (Å²) in [5.41, 5.74) is 1.17. The fraction of sp³-hybridized carbons (Fsp3) is 0.588. The van der Waals surface area contributed by atoms with E-state index >= 15 is 0 Å². The number of carbonyl (C=O) groups is 1. The molecule has 1 atom stereocenters. The third-order valence-electron chi connectivity index (χ3n) is 5.13. The number of amides is 1. The maximum atomic E-state index is 12.6. The Hall–Kier alpha value is -1.75. The number of hydrogen-bond donors (Lipinski definition) is 2. The SMILES string of the molecule is COc1ccc(CN(C)C(=O)C2CC23CCNCC3)cc1O. The molecule has 5 nitrogen and oxygen atoms in total. The number of phenolic OH excluding ortho intramolecular Hbond substituents is 1. The summed E-state index contributed by atoms with van der Waals surface area (Å²) in [7, 11) is 3.37. The summed E-state index contributed by atoms with van der Waals surface area (Å²) in [4.78, 5) is 14.4. The smallest absolute Gasteiger partial charge is 0.226 e. The fourth-order valence-corrected chi connectivity index (χ4v) is 3.63. The van der Waals surface area contributed by atoms with Gasteiger partial charge in [-0.2, -0.15) is 0 Å². The van der Waals surface area contributed by atoms with E-state index in [9.17, 15) is 9.90 Å². The van der Waals surface area contributed by atoms with Crippen LogP contribution in [-0.4, -0.2) is 43.2 Å². The molecule has 1 aliphatic carbocycles. The molecule has 1 aromatic rings. The van der Waals surface area contributed by atoms with Crippen LogP contribution in [0.15, 0.2) is 18.2 Å². The average molecular weight is 304 g/mol. The number of piperidine rings is 1. The van der Waals surface area contributed by atoms with Crippen LogP contribution in [-0.2, 0) is 11.3 Å². The van der Waals surface area contributed by atoms with Gasteiger partial charge < -0.3 is 20.1 Å². The van der Waals surface area contributed by atoms with E-state index in [4.69, 9.17) is 4.74 Å². The molecule has 1 spiro atoms. The number of hydrogen-bond acceptors (Lipinski definition) is 4. The summed E-state index contributed by atoms with van der Waals surface area (Å²) in [5, 5.41) is 13.2. The normalized spacial score (nSPS) is 22.4. The van der Waals surface area contributed by atoms with Gasteiger partial charge in [0.15, 0.2) is 11.5 Å². The van der Waals surface area contributed by atoms with Crippen LogP contribution in [0.1, 0.15) is 24.8 Å². The van der Waals surface area contributed by atoms with Crippen molar-refractivity contribution in [3.05, 3.63) is 23.8 Å². The van der Waals surface area contributed by atoms with Gasteiger partial charge in [-0.1, -0.05) is 6.07 Å². The number of nitrogens with one attached hydrogen (secondary N) is 1. The van der Waals surface area contributed by atoms with Crippen molar-refractivity contribution in [1.82, 2.24) is 10.2 Å². The highest BCUT2D eigenvalue weighted by Gasteiger charge is 2.58. The van der Waals surface area contributed by atoms with Gasteiger partial charge in [0.25, 0.3) is 0 Å². The Morgan fingerprint density at radius 1 is 1.45 bits per heavy atom. The first kappa shape index (κ1) is 15.2. The monoisotopic (exact) mass is 304 g/mol. The molecular formula is C17H24N2O3. The molecule has 3 rings (SSSR count). The number of phenols is 1. The Morgan fingerprint density at radius 2 is 2.18 bits per heavy atom. The molecule has 1 aliphatic heterocycles. The van der Waals surface area contributed by atoms with Gasteiger partial charge in [-0.05, 0) is 55.5 Å². The Labute approximate surface area is 131 Å². The van der Waals surface area contributed by atoms with Crippen LogP contribution in [0.2, 0.25) is 0 Å². The molecule has 120 valence electrons. The highest BCUT2D eigenvalue weighted by Crippen LogP contribution is 2.59. The van der Waals surface area contributed by atoms with Crippen LogP contribution in [0.4, 0.5) is 0 Å². The summed E-state index contributed by atoms with van der Waals surface area (Å²) in [6, 6.07) is 5.28. The lowest BCUT2D eigenvalue weighted by Crippen LogP contribution is -2.34. The first-order valence-electron chi connectivity index (χ1n) is 7.87. The number of ether oxygens (including phenoxy) is 1. The molecular weight excluding hydrogens is 280 g/mol. The minimum atomic E-state index is 0.113. The van der Waals surface area contributed by atoms with Crippen LogP contribution < -0.4 is 10.1 Å². The summed E-state index contributed by atoms with van der Waals surface area (Å²) >= 11 is 0. The lowest BCUT2D eigenvalue weighted by atomic mass is 9.91. The van der Waals surface area contributed by atoms with Gasteiger partial charge in [0, 0.05) is 19.5 Å². The van der Waals surface area contributed by atoms with Crippen molar-refractivity contribution in [2.75, 3.05) is 27.2 Å². The minimum absolute atomic E-state index is 0.113. The molecule has 2 fully saturated rings. The molecule has 2 N–H and O–H groups in total. The van der Waals surface area contributed by atoms with Crippen molar-refractivity contribution in [2.45, 2.75) is 25.8 Å². The standard InChI is InChI=1S/C17H24N2O3/c1-19(11-12-3-4-15(22-2)14(20)9-12)16(21)13-10-17(13)5-7-18-8-6-17/h3-4,9,13,18,20H,5-8,10-11H2,1-2H3. The number of aromatic hydroxyl groups is 1. The summed E-state index contributed by atoms with van der Waals surface area (Å²) < 4.78 is 5.04. The number of rotatable bonds is 4. The summed E-state index contributed by atoms with van der Waals surface area (Å²) in [6.45, 7) is 2.57. The molecule has 1 saturated heterocycles. The van der Waals surface area contributed by atoms with Crippen LogP contribution in [0.5, 0.6) is 11.5 Å². The molecule has 1 unspecified atom stereocenters. The van der Waals surface area contributed by atoms with E-state index in [2.05, 4.69) is 5.32 Å². The maximum absolute atomic E-state index is 12.6. The number of nitrogens with zero attached hydrogens (tertiary/aromatic N) is 1. The van der Waals surface area contributed by atoms with Crippen LogP contribution >= 0.6 is 0 Å². The van der Waals surface area contributed by atoms with Gasteiger partial charge in [0.1, 0.15) is 0 Å². The average Bonchev–Trinajstić information content (AvgIpc) is 3.20. The van der Waals surface area contributed by atoms with E-state index in [0.29, 0.717) is 12.3 Å². The van der Waals surface area contributed by atoms with E-state index in [1.54, 1.807) is 17.0 Å². The predicted octanol–water partition coefficient (Wildman–Crippen LogP) is 1.75. The second kappa shape index (κ2) is 5.80. The van der Waals surface area contributed by atoms with E-state index < -0.39 is 0 Å².